The third-order valence-electron chi connectivity index (χ3n) is 2.34. The van der Waals surface area contributed by atoms with Crippen LogP contribution >= 0.6 is 27.3 Å². The van der Waals surface area contributed by atoms with Crippen molar-refractivity contribution in [2.24, 2.45) is 0 Å². The van der Waals surface area contributed by atoms with Crippen molar-refractivity contribution in [1.82, 2.24) is 0 Å². The molecule has 1 aromatic heterocycles. The monoisotopic (exact) mass is 268 g/mol. The van der Waals surface area contributed by atoms with Gasteiger partial charge in [0.1, 0.15) is 0 Å². The zero-order chi connectivity index (χ0) is 10.3. The minimum Gasteiger partial charge on any atom is -0.144 e. The molecule has 1 aromatic carbocycles. The van der Waals surface area contributed by atoms with Gasteiger partial charge in [-0.05, 0) is 39.9 Å². The number of hydrogen-bond acceptors (Lipinski definition) is 1. The first-order valence-electron chi connectivity index (χ1n) is 4.66. The average Bonchev–Trinajstić information content (AvgIpc) is 2.45. The van der Waals surface area contributed by atoms with Crippen LogP contribution in [0.1, 0.15) is 26.3 Å². The topological polar surface area (TPSA) is 0 Å². The quantitative estimate of drug-likeness (QED) is 0.634. The van der Waals surface area contributed by atoms with Crippen LogP contribution in [-0.2, 0) is 5.41 Å². The van der Waals surface area contributed by atoms with E-state index >= 15 is 0 Å². The molecule has 0 bridgehead atoms. The second kappa shape index (κ2) is 3.35. The number of thiophene rings is 1. The van der Waals surface area contributed by atoms with E-state index in [2.05, 4.69) is 60.3 Å². The third kappa shape index (κ3) is 1.73. The molecule has 2 rings (SSSR count). The van der Waals surface area contributed by atoms with Gasteiger partial charge in [-0.25, -0.2) is 0 Å². The molecule has 0 atom stereocenters. The van der Waals surface area contributed by atoms with E-state index in [9.17, 15) is 0 Å². The lowest BCUT2D eigenvalue weighted by Crippen LogP contribution is -2.09. The van der Waals surface area contributed by atoms with E-state index in [1.165, 1.54) is 15.6 Å². The summed E-state index contributed by atoms with van der Waals surface area (Å²) in [5.74, 6) is 0. The normalized spacial score (nSPS) is 12.3. The Morgan fingerprint density at radius 1 is 1.21 bits per heavy atom. The molecule has 0 unspecified atom stereocenters. The molecule has 0 amide bonds. The van der Waals surface area contributed by atoms with Gasteiger partial charge in [-0.2, -0.15) is 0 Å². The summed E-state index contributed by atoms with van der Waals surface area (Å²) >= 11 is 5.35. The molecular weight excluding hydrogens is 256 g/mol. The maximum atomic E-state index is 3.52. The molecule has 0 radical (unpaired) electrons. The fraction of sp³-hybridized carbons (Fsp3) is 0.333. The molecule has 0 N–H and O–H groups in total. The fourth-order valence-corrected chi connectivity index (χ4v) is 3.11. The standard InChI is InChI=1S/C12H13BrS/c1-12(2,3)10-7-14-11-5-4-8(13)6-9(10)11/h4-7H,1-3H3. The lowest BCUT2D eigenvalue weighted by atomic mass is 9.87. The highest BCUT2D eigenvalue weighted by Gasteiger charge is 2.17. The van der Waals surface area contributed by atoms with Crippen molar-refractivity contribution >= 4 is 37.4 Å². The molecule has 0 nitrogen and oxygen atoms in total. The first-order chi connectivity index (χ1) is 6.48. The second-order valence-corrected chi connectivity index (χ2v) is 6.37. The largest absolute Gasteiger partial charge is 0.144 e. The molecule has 0 fully saturated rings. The molecule has 0 saturated carbocycles. The first-order valence-corrected chi connectivity index (χ1v) is 6.33. The molecule has 0 aliphatic rings. The van der Waals surface area contributed by atoms with Crippen LogP contribution in [0.15, 0.2) is 28.1 Å². The van der Waals surface area contributed by atoms with Crippen LogP contribution in [0.4, 0.5) is 0 Å². The Labute approximate surface area is 97.1 Å². The van der Waals surface area contributed by atoms with E-state index in [0.717, 1.165) is 4.47 Å². The summed E-state index contributed by atoms with van der Waals surface area (Å²) in [6.45, 7) is 6.78. The Balaban J connectivity index is 2.73. The molecule has 14 heavy (non-hydrogen) atoms. The van der Waals surface area contributed by atoms with Crippen LogP contribution in [0.5, 0.6) is 0 Å². The smallest absolute Gasteiger partial charge is 0.0346 e. The van der Waals surface area contributed by atoms with E-state index in [1.54, 1.807) is 0 Å². The van der Waals surface area contributed by atoms with Gasteiger partial charge in [-0.15, -0.1) is 11.3 Å². The summed E-state index contributed by atoms with van der Waals surface area (Å²) < 4.78 is 2.53. The molecule has 0 saturated heterocycles. The Bertz CT molecular complexity index is 463. The highest BCUT2D eigenvalue weighted by molar-refractivity contribution is 9.10. The van der Waals surface area contributed by atoms with Crippen LogP contribution in [0.25, 0.3) is 10.1 Å². The minimum atomic E-state index is 0.235. The van der Waals surface area contributed by atoms with E-state index < -0.39 is 0 Å². The van der Waals surface area contributed by atoms with Crippen LogP contribution in [0.2, 0.25) is 0 Å². The number of halogens is 1. The predicted molar refractivity (Wildman–Crippen MR) is 68.2 cm³/mol. The summed E-state index contributed by atoms with van der Waals surface area (Å²) in [6.07, 6.45) is 0. The van der Waals surface area contributed by atoms with Crippen LogP contribution < -0.4 is 0 Å². The van der Waals surface area contributed by atoms with Crippen molar-refractivity contribution in [1.29, 1.82) is 0 Å². The van der Waals surface area contributed by atoms with Crippen molar-refractivity contribution in [2.75, 3.05) is 0 Å². The summed E-state index contributed by atoms with van der Waals surface area (Å²) in [7, 11) is 0. The lowest BCUT2D eigenvalue weighted by molar-refractivity contribution is 0.598. The Morgan fingerprint density at radius 3 is 2.57 bits per heavy atom. The van der Waals surface area contributed by atoms with E-state index in [-0.39, 0.29) is 5.41 Å². The van der Waals surface area contributed by atoms with Crippen molar-refractivity contribution in [3.63, 3.8) is 0 Å². The average molecular weight is 269 g/mol. The van der Waals surface area contributed by atoms with Crippen LogP contribution in [-0.4, -0.2) is 0 Å². The minimum absolute atomic E-state index is 0.235. The molecule has 1 heterocycles. The Hall–Kier alpha value is -0.340. The lowest BCUT2D eigenvalue weighted by Gasteiger charge is -2.17. The van der Waals surface area contributed by atoms with Crippen molar-refractivity contribution in [3.8, 4) is 0 Å². The molecule has 0 spiro atoms. The highest BCUT2D eigenvalue weighted by atomic mass is 79.9. The Kier molecular flexibility index (Phi) is 2.44. The summed E-state index contributed by atoms with van der Waals surface area (Å²) in [5.41, 5.74) is 1.68. The number of rotatable bonds is 0. The maximum absolute atomic E-state index is 3.52. The van der Waals surface area contributed by atoms with Crippen molar-refractivity contribution < 1.29 is 0 Å². The van der Waals surface area contributed by atoms with Gasteiger partial charge in [-0.1, -0.05) is 36.7 Å². The fourth-order valence-electron chi connectivity index (χ4n) is 1.58. The van der Waals surface area contributed by atoms with Gasteiger partial charge in [0.25, 0.3) is 0 Å². The Morgan fingerprint density at radius 2 is 1.93 bits per heavy atom. The van der Waals surface area contributed by atoms with E-state index in [1.807, 2.05) is 11.3 Å². The highest BCUT2D eigenvalue weighted by Crippen LogP contribution is 2.35. The predicted octanol–water partition coefficient (Wildman–Crippen LogP) is 4.96. The molecular formula is C12H13BrS. The summed E-state index contributed by atoms with van der Waals surface area (Å²) in [5, 5.41) is 3.66. The van der Waals surface area contributed by atoms with E-state index in [0.29, 0.717) is 0 Å². The molecule has 0 aliphatic carbocycles. The van der Waals surface area contributed by atoms with Crippen LogP contribution in [0, 0.1) is 0 Å². The van der Waals surface area contributed by atoms with Gasteiger partial charge in [0.2, 0.25) is 0 Å². The van der Waals surface area contributed by atoms with Gasteiger partial charge in [-0.3, -0.25) is 0 Å². The third-order valence-corrected chi connectivity index (χ3v) is 3.80. The first kappa shape index (κ1) is 10.2. The van der Waals surface area contributed by atoms with Crippen molar-refractivity contribution in [3.05, 3.63) is 33.6 Å². The number of fused-ring (bicyclic) bond motifs is 1. The van der Waals surface area contributed by atoms with Gasteiger partial charge in [0, 0.05) is 9.17 Å². The summed E-state index contributed by atoms with van der Waals surface area (Å²) in [4.78, 5) is 0. The van der Waals surface area contributed by atoms with Crippen LogP contribution in [0.3, 0.4) is 0 Å². The van der Waals surface area contributed by atoms with Gasteiger partial charge < -0.3 is 0 Å². The van der Waals surface area contributed by atoms with Gasteiger partial charge in [0.15, 0.2) is 0 Å². The number of benzene rings is 1. The zero-order valence-electron chi connectivity index (χ0n) is 8.60. The number of hydrogen-bond donors (Lipinski definition) is 0. The molecule has 0 aliphatic heterocycles. The maximum Gasteiger partial charge on any atom is 0.0346 e. The molecule has 2 heteroatoms. The molecule has 2 aromatic rings. The molecule has 74 valence electrons. The zero-order valence-corrected chi connectivity index (χ0v) is 11.0. The van der Waals surface area contributed by atoms with Crippen molar-refractivity contribution in [2.45, 2.75) is 26.2 Å². The second-order valence-electron chi connectivity index (χ2n) is 4.54. The SMILES string of the molecule is CC(C)(C)c1csc2ccc(Br)cc12. The summed E-state index contributed by atoms with van der Waals surface area (Å²) in [6, 6.07) is 6.50. The van der Waals surface area contributed by atoms with E-state index in [4.69, 9.17) is 0 Å². The van der Waals surface area contributed by atoms with Gasteiger partial charge >= 0.3 is 0 Å². The van der Waals surface area contributed by atoms with Gasteiger partial charge in [0.05, 0.1) is 0 Å².